The maximum absolute atomic E-state index is 11.5. The van der Waals surface area contributed by atoms with Gasteiger partial charge in [0.2, 0.25) is 0 Å². The van der Waals surface area contributed by atoms with Crippen molar-refractivity contribution in [2.24, 2.45) is 7.05 Å². The minimum Gasteiger partial charge on any atom is -0.317 e. The molecule has 0 aliphatic carbocycles. The zero-order valence-corrected chi connectivity index (χ0v) is 9.36. The number of hydrogen-bond donors (Lipinski definition) is 1. The van der Waals surface area contributed by atoms with E-state index in [1.807, 2.05) is 14.0 Å². The predicted molar refractivity (Wildman–Crippen MR) is 59.1 cm³/mol. The van der Waals surface area contributed by atoms with Gasteiger partial charge in [0.1, 0.15) is 0 Å². The molecule has 0 aliphatic heterocycles. The van der Waals surface area contributed by atoms with Gasteiger partial charge in [-0.3, -0.25) is 9.59 Å². The second-order valence-corrected chi connectivity index (χ2v) is 3.69. The van der Waals surface area contributed by atoms with Crippen LogP contribution < -0.4 is 16.4 Å². The fourth-order valence-electron chi connectivity index (χ4n) is 1.24. The number of aromatic nitrogens is 2. The Bertz CT molecular complexity index is 433. The van der Waals surface area contributed by atoms with E-state index in [1.54, 1.807) is 19.4 Å². The number of rotatable bonds is 4. The average molecular weight is 211 g/mol. The molecule has 15 heavy (non-hydrogen) atoms. The molecule has 1 N–H and O–H groups in total. The summed E-state index contributed by atoms with van der Waals surface area (Å²) in [6.45, 7) is 2.60. The average Bonchev–Trinajstić information content (AvgIpc) is 2.24. The van der Waals surface area contributed by atoms with E-state index in [1.165, 1.54) is 9.13 Å². The summed E-state index contributed by atoms with van der Waals surface area (Å²) in [7, 11) is 3.45. The maximum Gasteiger partial charge on any atom is 0.316 e. The molecule has 0 fully saturated rings. The van der Waals surface area contributed by atoms with Gasteiger partial charge in [0, 0.05) is 32.0 Å². The Morgan fingerprint density at radius 3 is 2.60 bits per heavy atom. The number of nitrogens with one attached hydrogen (secondary N) is 1. The first-order valence-electron chi connectivity index (χ1n) is 4.99. The van der Waals surface area contributed by atoms with Gasteiger partial charge in [0.05, 0.1) is 0 Å². The minimum absolute atomic E-state index is 0.334. The van der Waals surface area contributed by atoms with Crippen molar-refractivity contribution in [2.75, 3.05) is 7.05 Å². The van der Waals surface area contributed by atoms with E-state index in [9.17, 15) is 9.59 Å². The monoisotopic (exact) mass is 211 g/mol. The van der Waals surface area contributed by atoms with Gasteiger partial charge in [0.25, 0.3) is 0 Å². The lowest BCUT2D eigenvalue weighted by molar-refractivity contribution is 0.497. The zero-order chi connectivity index (χ0) is 11.4. The van der Waals surface area contributed by atoms with E-state index in [0.717, 1.165) is 6.42 Å². The molecule has 84 valence electrons. The van der Waals surface area contributed by atoms with Gasteiger partial charge in [-0.05, 0) is 20.4 Å². The SMILES string of the molecule is CNC(C)CCn1ccn(C)c(=O)c1=O. The van der Waals surface area contributed by atoms with Crippen molar-refractivity contribution in [3.63, 3.8) is 0 Å². The van der Waals surface area contributed by atoms with Crippen molar-refractivity contribution in [1.29, 1.82) is 0 Å². The Balaban J connectivity index is 2.84. The third-order valence-electron chi connectivity index (χ3n) is 2.53. The van der Waals surface area contributed by atoms with E-state index < -0.39 is 11.1 Å². The highest BCUT2D eigenvalue weighted by Crippen LogP contribution is 1.91. The lowest BCUT2D eigenvalue weighted by Crippen LogP contribution is -2.40. The Kier molecular flexibility index (Phi) is 3.85. The molecule has 0 aliphatic rings. The second kappa shape index (κ2) is 4.93. The van der Waals surface area contributed by atoms with Crippen LogP contribution in [0, 0.1) is 0 Å². The summed E-state index contributed by atoms with van der Waals surface area (Å²) in [5, 5.41) is 3.08. The van der Waals surface area contributed by atoms with Gasteiger partial charge in [-0.15, -0.1) is 0 Å². The van der Waals surface area contributed by atoms with Crippen LogP contribution in [0.2, 0.25) is 0 Å². The van der Waals surface area contributed by atoms with Gasteiger partial charge in [-0.1, -0.05) is 0 Å². The number of aryl methyl sites for hydroxylation is 2. The smallest absolute Gasteiger partial charge is 0.316 e. The van der Waals surface area contributed by atoms with Crippen molar-refractivity contribution in [1.82, 2.24) is 14.5 Å². The summed E-state index contributed by atoms with van der Waals surface area (Å²) < 4.78 is 2.75. The molecule has 1 aromatic heterocycles. The molecule has 0 aromatic carbocycles. The van der Waals surface area contributed by atoms with Gasteiger partial charge >= 0.3 is 11.1 Å². The maximum atomic E-state index is 11.5. The van der Waals surface area contributed by atoms with Crippen LogP contribution in [0.25, 0.3) is 0 Å². The van der Waals surface area contributed by atoms with E-state index in [0.29, 0.717) is 12.6 Å². The second-order valence-electron chi connectivity index (χ2n) is 3.69. The number of nitrogens with zero attached hydrogens (tertiary/aromatic N) is 2. The van der Waals surface area contributed by atoms with Crippen molar-refractivity contribution in [3.05, 3.63) is 33.1 Å². The molecule has 1 heterocycles. The summed E-state index contributed by atoms with van der Waals surface area (Å²) in [6.07, 6.45) is 4.07. The van der Waals surface area contributed by atoms with Crippen molar-refractivity contribution in [3.8, 4) is 0 Å². The molecule has 0 saturated heterocycles. The fraction of sp³-hybridized carbons (Fsp3) is 0.600. The molecular formula is C10H17N3O2. The van der Waals surface area contributed by atoms with Crippen LogP contribution in [0.1, 0.15) is 13.3 Å². The highest BCUT2D eigenvalue weighted by molar-refractivity contribution is 4.84. The molecule has 0 radical (unpaired) electrons. The third-order valence-corrected chi connectivity index (χ3v) is 2.53. The topological polar surface area (TPSA) is 56.0 Å². The molecule has 1 rings (SSSR count). The van der Waals surface area contributed by atoms with Crippen LogP contribution in [0.3, 0.4) is 0 Å². The van der Waals surface area contributed by atoms with Gasteiger partial charge in [-0.25, -0.2) is 0 Å². The van der Waals surface area contributed by atoms with Gasteiger partial charge in [-0.2, -0.15) is 0 Å². The highest BCUT2D eigenvalue weighted by Gasteiger charge is 2.03. The Morgan fingerprint density at radius 2 is 2.00 bits per heavy atom. The predicted octanol–water partition coefficient (Wildman–Crippen LogP) is -0.455. The fourth-order valence-corrected chi connectivity index (χ4v) is 1.24. The summed E-state index contributed by atoms with van der Waals surface area (Å²) in [5.74, 6) is 0. The summed E-state index contributed by atoms with van der Waals surface area (Å²) in [5.41, 5.74) is -0.932. The molecular weight excluding hydrogens is 194 g/mol. The summed E-state index contributed by atoms with van der Waals surface area (Å²) in [6, 6.07) is 0.334. The third kappa shape index (κ3) is 2.79. The largest absolute Gasteiger partial charge is 0.317 e. The normalized spacial score (nSPS) is 12.7. The van der Waals surface area contributed by atoms with E-state index >= 15 is 0 Å². The first kappa shape index (κ1) is 11.7. The lowest BCUT2D eigenvalue weighted by Gasteiger charge is -2.11. The van der Waals surface area contributed by atoms with E-state index in [-0.39, 0.29) is 0 Å². The molecule has 0 saturated carbocycles. The molecule has 0 spiro atoms. The Hall–Kier alpha value is -1.36. The summed E-state index contributed by atoms with van der Waals surface area (Å²) in [4.78, 5) is 22.8. The quantitative estimate of drug-likeness (QED) is 0.686. The van der Waals surface area contributed by atoms with Crippen LogP contribution >= 0.6 is 0 Å². The molecule has 0 bridgehead atoms. The van der Waals surface area contributed by atoms with Crippen molar-refractivity contribution >= 4 is 0 Å². The standard InChI is InChI=1S/C10H17N3O2/c1-8(11-2)4-5-13-7-6-12(3)9(14)10(13)15/h6-8,11H,4-5H2,1-3H3. The van der Waals surface area contributed by atoms with Crippen LogP contribution in [-0.2, 0) is 13.6 Å². The van der Waals surface area contributed by atoms with Crippen LogP contribution in [-0.4, -0.2) is 22.2 Å². The Morgan fingerprint density at radius 1 is 1.33 bits per heavy atom. The van der Waals surface area contributed by atoms with Crippen LogP contribution in [0.15, 0.2) is 22.0 Å². The van der Waals surface area contributed by atoms with E-state index in [2.05, 4.69) is 5.32 Å². The molecule has 0 amide bonds. The zero-order valence-electron chi connectivity index (χ0n) is 9.36. The molecule has 1 unspecified atom stereocenters. The Labute approximate surface area is 88.4 Å². The van der Waals surface area contributed by atoms with E-state index in [4.69, 9.17) is 0 Å². The lowest BCUT2D eigenvalue weighted by atomic mass is 10.2. The molecule has 5 nitrogen and oxygen atoms in total. The number of hydrogen-bond acceptors (Lipinski definition) is 3. The highest BCUT2D eigenvalue weighted by atomic mass is 16.2. The molecule has 1 atom stereocenters. The van der Waals surface area contributed by atoms with Gasteiger partial charge < -0.3 is 14.5 Å². The summed E-state index contributed by atoms with van der Waals surface area (Å²) >= 11 is 0. The molecule has 5 heteroatoms. The molecule has 1 aromatic rings. The first-order valence-corrected chi connectivity index (χ1v) is 4.99. The van der Waals surface area contributed by atoms with Gasteiger partial charge in [0.15, 0.2) is 0 Å². The first-order chi connectivity index (χ1) is 7.06. The van der Waals surface area contributed by atoms with Crippen LogP contribution in [0.5, 0.6) is 0 Å². The van der Waals surface area contributed by atoms with Crippen molar-refractivity contribution in [2.45, 2.75) is 25.9 Å². The minimum atomic E-state index is -0.477. The van der Waals surface area contributed by atoms with Crippen LogP contribution in [0.4, 0.5) is 0 Å². The van der Waals surface area contributed by atoms with Crippen molar-refractivity contribution < 1.29 is 0 Å².